The van der Waals surface area contributed by atoms with Crippen molar-refractivity contribution in [3.05, 3.63) is 29.8 Å². The second-order valence-corrected chi connectivity index (χ2v) is 8.25. The minimum Gasteiger partial charge on any atom is -0.497 e. The smallest absolute Gasteiger partial charge is 0.118 e. The maximum atomic E-state index is 6.13. The van der Waals surface area contributed by atoms with Crippen molar-refractivity contribution in [2.24, 2.45) is 17.8 Å². The minimum atomic E-state index is 0.557. The van der Waals surface area contributed by atoms with Gasteiger partial charge in [0.1, 0.15) is 5.75 Å². The standard InChI is InChI=1S/C23H36O2/c1-3-4-23-16-13-21(17-25-23)20-11-7-18(8-12-20)5-6-19-9-14-22(24-2)15-10-19/h9-10,14-15,18,20-21,23H,3-8,11-13,16-17H2,1-2H3. The fourth-order valence-electron chi connectivity index (χ4n) is 4.86. The highest BCUT2D eigenvalue weighted by Gasteiger charge is 2.31. The van der Waals surface area contributed by atoms with Crippen LogP contribution in [0.2, 0.25) is 0 Å². The Labute approximate surface area is 154 Å². The van der Waals surface area contributed by atoms with Gasteiger partial charge in [0.25, 0.3) is 0 Å². The predicted molar refractivity (Wildman–Crippen MR) is 104 cm³/mol. The first-order chi connectivity index (χ1) is 12.3. The molecule has 1 aromatic rings. The van der Waals surface area contributed by atoms with Crippen LogP contribution in [0, 0.1) is 17.8 Å². The number of aryl methyl sites for hydroxylation is 1. The Morgan fingerprint density at radius 3 is 2.24 bits per heavy atom. The van der Waals surface area contributed by atoms with Crippen LogP contribution in [-0.4, -0.2) is 19.8 Å². The van der Waals surface area contributed by atoms with E-state index >= 15 is 0 Å². The second-order valence-electron chi connectivity index (χ2n) is 8.25. The molecule has 1 heterocycles. The van der Waals surface area contributed by atoms with Gasteiger partial charge in [-0.25, -0.2) is 0 Å². The Morgan fingerprint density at radius 1 is 0.920 bits per heavy atom. The van der Waals surface area contributed by atoms with Crippen LogP contribution >= 0.6 is 0 Å². The lowest BCUT2D eigenvalue weighted by atomic mass is 9.72. The van der Waals surface area contributed by atoms with E-state index < -0.39 is 0 Å². The average molecular weight is 345 g/mol. The number of methoxy groups -OCH3 is 1. The SMILES string of the molecule is CCCC1CCC(C2CCC(CCc3ccc(OC)cc3)CC2)CO1. The zero-order valence-corrected chi connectivity index (χ0v) is 16.2. The zero-order valence-electron chi connectivity index (χ0n) is 16.2. The molecule has 2 nitrogen and oxygen atoms in total. The van der Waals surface area contributed by atoms with Crippen LogP contribution in [-0.2, 0) is 11.2 Å². The Hall–Kier alpha value is -1.02. The van der Waals surface area contributed by atoms with Crippen molar-refractivity contribution in [1.82, 2.24) is 0 Å². The number of hydrogen-bond acceptors (Lipinski definition) is 2. The Balaban J connectivity index is 1.36. The summed E-state index contributed by atoms with van der Waals surface area (Å²) in [5, 5.41) is 0. The van der Waals surface area contributed by atoms with Gasteiger partial charge in [-0.3, -0.25) is 0 Å². The summed E-state index contributed by atoms with van der Waals surface area (Å²) in [6, 6.07) is 8.61. The molecule has 2 aliphatic rings. The molecule has 0 N–H and O–H groups in total. The van der Waals surface area contributed by atoms with Crippen LogP contribution in [0.3, 0.4) is 0 Å². The van der Waals surface area contributed by atoms with Gasteiger partial charge < -0.3 is 9.47 Å². The highest BCUT2D eigenvalue weighted by atomic mass is 16.5. The highest BCUT2D eigenvalue weighted by Crippen LogP contribution is 2.39. The zero-order chi connectivity index (χ0) is 17.5. The summed E-state index contributed by atoms with van der Waals surface area (Å²) in [5.74, 6) is 3.66. The van der Waals surface area contributed by atoms with E-state index in [1.807, 2.05) is 0 Å². The number of benzene rings is 1. The summed E-state index contributed by atoms with van der Waals surface area (Å²) in [6.07, 6.45) is 14.1. The first-order valence-electron chi connectivity index (χ1n) is 10.5. The Bertz CT molecular complexity index is 479. The van der Waals surface area contributed by atoms with E-state index in [4.69, 9.17) is 9.47 Å². The van der Waals surface area contributed by atoms with Gasteiger partial charge >= 0.3 is 0 Å². The van der Waals surface area contributed by atoms with Crippen molar-refractivity contribution >= 4 is 0 Å². The lowest BCUT2D eigenvalue weighted by Crippen LogP contribution is -2.32. The molecule has 2 fully saturated rings. The normalized spacial score (nSPS) is 30.2. The number of ether oxygens (including phenoxy) is 2. The lowest BCUT2D eigenvalue weighted by molar-refractivity contribution is -0.0421. The molecule has 140 valence electrons. The highest BCUT2D eigenvalue weighted by molar-refractivity contribution is 5.27. The van der Waals surface area contributed by atoms with Crippen molar-refractivity contribution in [3.8, 4) is 5.75 Å². The molecule has 2 atom stereocenters. The average Bonchev–Trinajstić information content (AvgIpc) is 2.68. The molecule has 0 bridgehead atoms. The molecule has 0 radical (unpaired) electrons. The van der Waals surface area contributed by atoms with E-state index in [1.54, 1.807) is 7.11 Å². The number of rotatable bonds is 7. The Kier molecular flexibility index (Phi) is 7.22. The predicted octanol–water partition coefficient (Wildman–Crippen LogP) is 6.03. The molecule has 0 aromatic heterocycles. The van der Waals surface area contributed by atoms with Crippen LogP contribution in [0.1, 0.15) is 70.3 Å². The molecule has 2 unspecified atom stereocenters. The molecule has 1 saturated carbocycles. The fourth-order valence-corrected chi connectivity index (χ4v) is 4.86. The van der Waals surface area contributed by atoms with Gasteiger partial charge in [-0.15, -0.1) is 0 Å². The third kappa shape index (κ3) is 5.48. The second kappa shape index (κ2) is 9.62. The molecule has 25 heavy (non-hydrogen) atoms. The van der Waals surface area contributed by atoms with Gasteiger partial charge in [0.05, 0.1) is 19.8 Å². The molecule has 2 heteroatoms. The van der Waals surface area contributed by atoms with E-state index in [-0.39, 0.29) is 0 Å². The van der Waals surface area contributed by atoms with Crippen molar-refractivity contribution in [1.29, 1.82) is 0 Å². The Morgan fingerprint density at radius 2 is 1.64 bits per heavy atom. The summed E-state index contributed by atoms with van der Waals surface area (Å²) in [7, 11) is 1.73. The minimum absolute atomic E-state index is 0.557. The molecular weight excluding hydrogens is 308 g/mol. The van der Waals surface area contributed by atoms with Gasteiger partial charge in [-0.2, -0.15) is 0 Å². The van der Waals surface area contributed by atoms with Crippen LogP contribution in [0.25, 0.3) is 0 Å². The summed E-state index contributed by atoms with van der Waals surface area (Å²) in [6.45, 7) is 3.30. The summed E-state index contributed by atoms with van der Waals surface area (Å²) in [4.78, 5) is 0. The van der Waals surface area contributed by atoms with Crippen LogP contribution in [0.4, 0.5) is 0 Å². The number of hydrogen-bond donors (Lipinski definition) is 0. The maximum absolute atomic E-state index is 6.13. The monoisotopic (exact) mass is 344 g/mol. The summed E-state index contributed by atoms with van der Waals surface area (Å²) in [5.41, 5.74) is 1.45. The third-order valence-corrected chi connectivity index (χ3v) is 6.57. The first kappa shape index (κ1) is 18.8. The largest absolute Gasteiger partial charge is 0.497 e. The van der Waals surface area contributed by atoms with Crippen LogP contribution < -0.4 is 4.74 Å². The van der Waals surface area contributed by atoms with E-state index in [0.717, 1.165) is 30.1 Å². The third-order valence-electron chi connectivity index (χ3n) is 6.57. The summed E-state index contributed by atoms with van der Waals surface area (Å²) >= 11 is 0. The lowest BCUT2D eigenvalue weighted by Gasteiger charge is -2.38. The molecule has 0 spiro atoms. The molecule has 1 aromatic carbocycles. The fraction of sp³-hybridized carbons (Fsp3) is 0.739. The van der Waals surface area contributed by atoms with E-state index in [1.165, 1.54) is 69.8 Å². The molecule has 1 saturated heterocycles. The van der Waals surface area contributed by atoms with Crippen molar-refractivity contribution in [2.45, 2.75) is 77.2 Å². The van der Waals surface area contributed by atoms with E-state index in [2.05, 4.69) is 31.2 Å². The summed E-state index contributed by atoms with van der Waals surface area (Å²) < 4.78 is 11.4. The van der Waals surface area contributed by atoms with E-state index in [9.17, 15) is 0 Å². The quantitative estimate of drug-likeness (QED) is 0.601. The van der Waals surface area contributed by atoms with Crippen molar-refractivity contribution in [3.63, 3.8) is 0 Å². The van der Waals surface area contributed by atoms with Crippen molar-refractivity contribution < 1.29 is 9.47 Å². The topological polar surface area (TPSA) is 18.5 Å². The first-order valence-corrected chi connectivity index (χ1v) is 10.5. The molecule has 1 aliphatic heterocycles. The molecule has 1 aliphatic carbocycles. The van der Waals surface area contributed by atoms with Gasteiger partial charge in [0.2, 0.25) is 0 Å². The van der Waals surface area contributed by atoms with Crippen molar-refractivity contribution in [2.75, 3.05) is 13.7 Å². The van der Waals surface area contributed by atoms with Crippen LogP contribution in [0.15, 0.2) is 24.3 Å². The van der Waals surface area contributed by atoms with Gasteiger partial charge in [-0.05, 0) is 80.4 Å². The molecule has 0 amide bonds. The molecular formula is C23H36O2. The van der Waals surface area contributed by atoms with Crippen LogP contribution in [0.5, 0.6) is 5.75 Å². The maximum Gasteiger partial charge on any atom is 0.118 e. The van der Waals surface area contributed by atoms with Gasteiger partial charge in [0.15, 0.2) is 0 Å². The van der Waals surface area contributed by atoms with E-state index in [0.29, 0.717) is 6.10 Å². The molecule has 3 rings (SSSR count). The van der Waals surface area contributed by atoms with Gasteiger partial charge in [0, 0.05) is 0 Å². The van der Waals surface area contributed by atoms with Gasteiger partial charge in [-0.1, -0.05) is 38.3 Å².